The molecular formula is C22H29NO3. The summed E-state index contributed by atoms with van der Waals surface area (Å²) in [6.07, 6.45) is 3.62. The minimum Gasteiger partial charge on any atom is -0.494 e. The Bertz CT molecular complexity index is 640. The van der Waals surface area contributed by atoms with E-state index in [9.17, 15) is 9.90 Å². The van der Waals surface area contributed by atoms with Gasteiger partial charge in [0.2, 0.25) is 0 Å². The first kappa shape index (κ1) is 20.0. The quantitative estimate of drug-likeness (QED) is 0.595. The summed E-state index contributed by atoms with van der Waals surface area (Å²) in [5.74, 6) is 0.957. The molecule has 0 bridgehead atoms. The summed E-state index contributed by atoms with van der Waals surface area (Å²) in [4.78, 5) is 12.3. The number of rotatable bonds is 11. The molecule has 0 heterocycles. The zero-order valence-electron chi connectivity index (χ0n) is 15.5. The van der Waals surface area contributed by atoms with Crippen LogP contribution in [0.4, 0.5) is 0 Å². The predicted molar refractivity (Wildman–Crippen MR) is 105 cm³/mol. The van der Waals surface area contributed by atoms with Crippen molar-refractivity contribution in [3.63, 3.8) is 0 Å². The average molecular weight is 355 g/mol. The number of aliphatic hydroxyl groups is 1. The summed E-state index contributed by atoms with van der Waals surface area (Å²) in [5, 5.41) is 12.3. The van der Waals surface area contributed by atoms with Crippen molar-refractivity contribution in [1.29, 1.82) is 0 Å². The third kappa shape index (κ3) is 6.52. The molecule has 0 saturated heterocycles. The maximum Gasteiger partial charge on any atom is 0.251 e. The van der Waals surface area contributed by atoms with E-state index in [1.165, 1.54) is 5.56 Å². The van der Waals surface area contributed by atoms with Crippen LogP contribution in [0.3, 0.4) is 0 Å². The van der Waals surface area contributed by atoms with E-state index in [0.29, 0.717) is 25.1 Å². The van der Waals surface area contributed by atoms with Gasteiger partial charge in [0.1, 0.15) is 5.75 Å². The first-order valence-electron chi connectivity index (χ1n) is 9.41. The third-order valence-corrected chi connectivity index (χ3v) is 4.41. The van der Waals surface area contributed by atoms with Crippen LogP contribution >= 0.6 is 0 Å². The maximum atomic E-state index is 12.3. The van der Waals surface area contributed by atoms with Crippen molar-refractivity contribution in [1.82, 2.24) is 5.32 Å². The van der Waals surface area contributed by atoms with Gasteiger partial charge in [0.15, 0.2) is 0 Å². The van der Waals surface area contributed by atoms with Gasteiger partial charge in [-0.05, 0) is 55.0 Å². The van der Waals surface area contributed by atoms with E-state index >= 15 is 0 Å². The molecule has 0 aromatic heterocycles. The SMILES string of the molecule is CCCCOc1ccc(C(=O)NCCC(CCO)c2ccccc2)cc1. The summed E-state index contributed by atoms with van der Waals surface area (Å²) < 4.78 is 5.61. The Kier molecular flexibility index (Phi) is 8.70. The molecule has 0 aliphatic carbocycles. The molecule has 0 aliphatic heterocycles. The fraction of sp³-hybridized carbons (Fsp3) is 0.409. The van der Waals surface area contributed by atoms with Gasteiger partial charge < -0.3 is 15.2 Å². The number of hydrogen-bond acceptors (Lipinski definition) is 3. The fourth-order valence-electron chi connectivity index (χ4n) is 2.86. The van der Waals surface area contributed by atoms with Gasteiger partial charge in [-0.2, -0.15) is 0 Å². The Morgan fingerprint density at radius 2 is 1.81 bits per heavy atom. The van der Waals surface area contributed by atoms with Gasteiger partial charge in [-0.25, -0.2) is 0 Å². The molecule has 1 atom stereocenters. The van der Waals surface area contributed by atoms with Gasteiger partial charge >= 0.3 is 0 Å². The Morgan fingerprint density at radius 1 is 1.08 bits per heavy atom. The zero-order chi connectivity index (χ0) is 18.6. The molecule has 2 rings (SSSR count). The minimum atomic E-state index is -0.0825. The average Bonchev–Trinajstić information content (AvgIpc) is 2.68. The number of carbonyl (C=O) groups is 1. The molecule has 2 aromatic carbocycles. The molecule has 26 heavy (non-hydrogen) atoms. The Hall–Kier alpha value is -2.33. The normalized spacial score (nSPS) is 11.8. The van der Waals surface area contributed by atoms with Crippen molar-refractivity contribution >= 4 is 5.91 Å². The summed E-state index contributed by atoms with van der Waals surface area (Å²) in [6.45, 7) is 3.55. The molecule has 0 spiro atoms. The van der Waals surface area contributed by atoms with Crippen LogP contribution in [0.2, 0.25) is 0 Å². The Balaban J connectivity index is 1.81. The number of aliphatic hydroxyl groups excluding tert-OH is 1. The second-order valence-electron chi connectivity index (χ2n) is 6.39. The molecule has 1 unspecified atom stereocenters. The molecule has 2 aromatic rings. The lowest BCUT2D eigenvalue weighted by Gasteiger charge is -2.16. The van der Waals surface area contributed by atoms with Crippen LogP contribution in [0.5, 0.6) is 5.75 Å². The fourth-order valence-corrected chi connectivity index (χ4v) is 2.86. The lowest BCUT2D eigenvalue weighted by atomic mass is 9.93. The van der Waals surface area contributed by atoms with E-state index in [4.69, 9.17) is 4.74 Å². The standard InChI is InChI=1S/C22H29NO3/c1-2-3-17-26-21-11-9-20(10-12-21)22(25)23-15-13-19(14-16-24)18-7-5-4-6-8-18/h4-12,19,24H,2-3,13-17H2,1H3,(H,23,25). The van der Waals surface area contributed by atoms with Gasteiger partial charge in [-0.15, -0.1) is 0 Å². The van der Waals surface area contributed by atoms with E-state index in [2.05, 4.69) is 24.4 Å². The smallest absolute Gasteiger partial charge is 0.251 e. The van der Waals surface area contributed by atoms with E-state index in [1.807, 2.05) is 30.3 Å². The number of hydrogen-bond donors (Lipinski definition) is 2. The van der Waals surface area contributed by atoms with E-state index in [0.717, 1.165) is 25.0 Å². The molecule has 2 N–H and O–H groups in total. The number of ether oxygens (including phenoxy) is 1. The third-order valence-electron chi connectivity index (χ3n) is 4.41. The molecule has 140 valence electrons. The summed E-state index contributed by atoms with van der Waals surface area (Å²) >= 11 is 0. The van der Waals surface area contributed by atoms with E-state index < -0.39 is 0 Å². The van der Waals surface area contributed by atoms with Crippen LogP contribution in [-0.4, -0.2) is 30.8 Å². The first-order valence-corrected chi connectivity index (χ1v) is 9.41. The van der Waals surface area contributed by atoms with Crippen molar-refractivity contribution < 1.29 is 14.6 Å². The number of benzene rings is 2. The molecule has 0 radical (unpaired) electrons. The van der Waals surface area contributed by atoms with Gasteiger partial charge in [0.25, 0.3) is 5.91 Å². The summed E-state index contributed by atoms with van der Waals surface area (Å²) in [6, 6.07) is 17.4. The second-order valence-corrected chi connectivity index (χ2v) is 6.39. The molecule has 0 saturated carbocycles. The van der Waals surface area contributed by atoms with Gasteiger partial charge in [-0.3, -0.25) is 4.79 Å². The maximum absolute atomic E-state index is 12.3. The predicted octanol–water partition coefficient (Wildman–Crippen LogP) is 4.15. The van der Waals surface area contributed by atoms with Crippen LogP contribution < -0.4 is 10.1 Å². The Labute approximate surface area is 156 Å². The number of unbranched alkanes of at least 4 members (excludes halogenated alkanes) is 1. The van der Waals surface area contributed by atoms with Crippen molar-refractivity contribution in [3.05, 3.63) is 65.7 Å². The number of amides is 1. The van der Waals surface area contributed by atoms with Gasteiger partial charge in [0, 0.05) is 18.7 Å². The second kappa shape index (κ2) is 11.3. The summed E-state index contributed by atoms with van der Waals surface area (Å²) in [5.41, 5.74) is 1.83. The number of nitrogens with one attached hydrogen (secondary N) is 1. The number of carbonyl (C=O) groups excluding carboxylic acids is 1. The highest BCUT2D eigenvalue weighted by atomic mass is 16.5. The first-order chi connectivity index (χ1) is 12.7. The van der Waals surface area contributed by atoms with Gasteiger partial charge in [-0.1, -0.05) is 43.7 Å². The zero-order valence-corrected chi connectivity index (χ0v) is 15.5. The van der Waals surface area contributed by atoms with E-state index in [-0.39, 0.29) is 18.4 Å². The van der Waals surface area contributed by atoms with Crippen molar-refractivity contribution in [2.75, 3.05) is 19.8 Å². The highest BCUT2D eigenvalue weighted by molar-refractivity contribution is 5.94. The van der Waals surface area contributed by atoms with Crippen LogP contribution in [0.25, 0.3) is 0 Å². The molecule has 4 nitrogen and oxygen atoms in total. The van der Waals surface area contributed by atoms with Crippen molar-refractivity contribution in [2.45, 2.75) is 38.5 Å². The topological polar surface area (TPSA) is 58.6 Å². The van der Waals surface area contributed by atoms with E-state index in [1.54, 1.807) is 12.1 Å². The van der Waals surface area contributed by atoms with Gasteiger partial charge in [0.05, 0.1) is 6.61 Å². The Morgan fingerprint density at radius 3 is 2.46 bits per heavy atom. The lowest BCUT2D eigenvalue weighted by Crippen LogP contribution is -2.25. The highest BCUT2D eigenvalue weighted by Crippen LogP contribution is 2.22. The lowest BCUT2D eigenvalue weighted by molar-refractivity contribution is 0.0952. The van der Waals surface area contributed by atoms with Crippen LogP contribution in [0, 0.1) is 0 Å². The molecule has 0 fully saturated rings. The van der Waals surface area contributed by atoms with Crippen LogP contribution in [0.1, 0.15) is 54.4 Å². The van der Waals surface area contributed by atoms with Crippen LogP contribution in [-0.2, 0) is 0 Å². The molecular weight excluding hydrogens is 326 g/mol. The molecule has 1 amide bonds. The largest absolute Gasteiger partial charge is 0.494 e. The van der Waals surface area contributed by atoms with Crippen LogP contribution in [0.15, 0.2) is 54.6 Å². The molecule has 4 heteroatoms. The highest BCUT2D eigenvalue weighted by Gasteiger charge is 2.12. The molecule has 0 aliphatic rings. The van der Waals surface area contributed by atoms with Crippen molar-refractivity contribution in [2.24, 2.45) is 0 Å². The minimum absolute atomic E-state index is 0.0825. The van der Waals surface area contributed by atoms with Crippen molar-refractivity contribution in [3.8, 4) is 5.75 Å². The summed E-state index contributed by atoms with van der Waals surface area (Å²) in [7, 11) is 0. The monoisotopic (exact) mass is 355 g/mol.